The van der Waals surface area contributed by atoms with E-state index in [0.29, 0.717) is 0 Å². The largest absolute Gasteiger partial charge is 0.494 e. The van der Waals surface area contributed by atoms with Crippen LogP contribution in [0, 0.1) is 5.41 Å². The number of hydrogen-bond donors (Lipinski definition) is 0. The van der Waals surface area contributed by atoms with Gasteiger partial charge in [0.05, 0.1) is 6.61 Å². The highest BCUT2D eigenvalue weighted by Crippen LogP contribution is 2.28. The summed E-state index contributed by atoms with van der Waals surface area (Å²) in [6.45, 7) is 19.2. The molecule has 0 saturated heterocycles. The van der Waals surface area contributed by atoms with Crippen LogP contribution >= 0.6 is 0 Å². The number of hydrogen-bond acceptors (Lipinski definition) is 2. The number of benzene rings is 1. The molecule has 156 valence electrons. The van der Waals surface area contributed by atoms with E-state index in [9.17, 15) is 0 Å². The van der Waals surface area contributed by atoms with Gasteiger partial charge in [-0.25, -0.2) is 0 Å². The molecule has 0 aromatic heterocycles. The molecule has 0 amide bonds. The first-order chi connectivity index (χ1) is 13.4. The molecule has 1 rings (SSSR count). The van der Waals surface area contributed by atoms with E-state index in [0.717, 1.165) is 51.3 Å². The molecule has 0 fully saturated rings. The molecule has 0 bridgehead atoms. The molecule has 2 heteroatoms. The molecule has 0 heterocycles. The standard InChI is InChI=1S/C26H41NO/c1-7-26(6,19-12-13-23(4)5)20-18-24-14-16-25(17-15-24)28-22-11-10-21-27(8-2)9-3/h7,13-18,20H,1,8-12,19,21-22H2,2-6H3/b20-18+/t26-/m1/s1. The zero-order valence-corrected chi connectivity index (χ0v) is 18.8. The minimum Gasteiger partial charge on any atom is -0.494 e. The molecule has 2 nitrogen and oxygen atoms in total. The fourth-order valence-electron chi connectivity index (χ4n) is 3.05. The van der Waals surface area contributed by atoms with Crippen molar-refractivity contribution in [2.24, 2.45) is 5.41 Å². The van der Waals surface area contributed by atoms with Crippen molar-refractivity contribution in [1.29, 1.82) is 0 Å². The quantitative estimate of drug-likeness (QED) is 0.250. The highest BCUT2D eigenvalue weighted by Gasteiger charge is 2.14. The van der Waals surface area contributed by atoms with Crippen LogP contribution < -0.4 is 4.74 Å². The molecule has 1 aromatic carbocycles. The lowest BCUT2D eigenvalue weighted by molar-refractivity contribution is 0.266. The summed E-state index contributed by atoms with van der Waals surface area (Å²) in [5.74, 6) is 0.954. The summed E-state index contributed by atoms with van der Waals surface area (Å²) in [5.41, 5.74) is 2.59. The molecule has 0 aliphatic heterocycles. The van der Waals surface area contributed by atoms with E-state index in [1.54, 1.807) is 0 Å². The first-order valence-electron chi connectivity index (χ1n) is 10.8. The van der Waals surface area contributed by atoms with Crippen LogP contribution in [0.4, 0.5) is 0 Å². The Kier molecular flexibility index (Phi) is 11.6. The summed E-state index contributed by atoms with van der Waals surface area (Å²) in [4.78, 5) is 2.46. The lowest BCUT2D eigenvalue weighted by Crippen LogP contribution is -2.24. The topological polar surface area (TPSA) is 12.5 Å². The minimum absolute atomic E-state index is 0.0198. The zero-order chi connectivity index (χ0) is 20.8. The van der Waals surface area contributed by atoms with Gasteiger partial charge in [-0.1, -0.05) is 62.8 Å². The van der Waals surface area contributed by atoms with Gasteiger partial charge in [0.2, 0.25) is 0 Å². The Hall–Kier alpha value is -1.80. The number of rotatable bonds is 14. The SMILES string of the molecule is C=C[C@@](C)(/C=C/c1ccc(OCCCCN(CC)CC)cc1)CCC=C(C)C. The number of nitrogens with zero attached hydrogens (tertiary/aromatic N) is 1. The predicted octanol–water partition coefficient (Wildman–Crippen LogP) is 7.14. The average molecular weight is 384 g/mol. The van der Waals surface area contributed by atoms with Gasteiger partial charge in [0, 0.05) is 5.41 Å². The van der Waals surface area contributed by atoms with E-state index < -0.39 is 0 Å². The lowest BCUT2D eigenvalue weighted by atomic mass is 9.84. The van der Waals surface area contributed by atoms with Crippen molar-refractivity contribution < 1.29 is 4.74 Å². The van der Waals surface area contributed by atoms with Crippen molar-refractivity contribution >= 4 is 6.08 Å². The van der Waals surface area contributed by atoms with Gasteiger partial charge >= 0.3 is 0 Å². The van der Waals surface area contributed by atoms with E-state index in [2.05, 4.69) is 94.7 Å². The molecule has 0 unspecified atom stereocenters. The molecule has 0 N–H and O–H groups in total. The third-order valence-corrected chi connectivity index (χ3v) is 5.27. The summed E-state index contributed by atoms with van der Waals surface area (Å²) in [6.07, 6.45) is 13.3. The maximum Gasteiger partial charge on any atom is 0.119 e. The Morgan fingerprint density at radius 2 is 1.79 bits per heavy atom. The van der Waals surface area contributed by atoms with Crippen LogP contribution in [-0.2, 0) is 0 Å². The monoisotopic (exact) mass is 383 g/mol. The van der Waals surface area contributed by atoms with E-state index in [1.807, 2.05) is 0 Å². The Morgan fingerprint density at radius 1 is 1.11 bits per heavy atom. The fourth-order valence-corrected chi connectivity index (χ4v) is 3.05. The van der Waals surface area contributed by atoms with Gasteiger partial charge in [0.15, 0.2) is 0 Å². The van der Waals surface area contributed by atoms with Gasteiger partial charge in [-0.3, -0.25) is 0 Å². The summed E-state index contributed by atoms with van der Waals surface area (Å²) in [7, 11) is 0. The Labute approximate surface area is 174 Å². The molecule has 1 atom stereocenters. The number of allylic oxidation sites excluding steroid dienone is 4. The molecular weight excluding hydrogens is 342 g/mol. The van der Waals surface area contributed by atoms with Gasteiger partial charge in [0.1, 0.15) is 5.75 Å². The second-order valence-electron chi connectivity index (χ2n) is 8.01. The third-order valence-electron chi connectivity index (χ3n) is 5.27. The van der Waals surface area contributed by atoms with Crippen LogP contribution in [0.1, 0.15) is 65.9 Å². The first-order valence-corrected chi connectivity index (χ1v) is 10.8. The highest BCUT2D eigenvalue weighted by atomic mass is 16.5. The maximum atomic E-state index is 5.89. The van der Waals surface area contributed by atoms with E-state index in [-0.39, 0.29) is 5.41 Å². The molecule has 1 aromatic rings. The molecule has 0 aliphatic rings. The van der Waals surface area contributed by atoms with E-state index in [4.69, 9.17) is 4.74 Å². The lowest BCUT2D eigenvalue weighted by Gasteiger charge is -2.20. The van der Waals surface area contributed by atoms with Crippen LogP contribution in [0.25, 0.3) is 6.08 Å². The predicted molar refractivity (Wildman–Crippen MR) is 125 cm³/mol. The fraction of sp³-hybridized carbons (Fsp3) is 0.538. The Balaban J connectivity index is 2.45. The maximum absolute atomic E-state index is 5.89. The van der Waals surface area contributed by atoms with Crippen LogP contribution in [0.2, 0.25) is 0 Å². The second-order valence-corrected chi connectivity index (χ2v) is 8.01. The second kappa shape index (κ2) is 13.4. The van der Waals surface area contributed by atoms with Crippen molar-refractivity contribution in [3.63, 3.8) is 0 Å². The summed E-state index contributed by atoms with van der Waals surface area (Å²) in [6, 6.07) is 8.39. The van der Waals surface area contributed by atoms with Gasteiger partial charge in [-0.2, -0.15) is 0 Å². The van der Waals surface area contributed by atoms with Gasteiger partial charge < -0.3 is 9.64 Å². The Morgan fingerprint density at radius 3 is 2.36 bits per heavy atom. The van der Waals surface area contributed by atoms with Gasteiger partial charge in [-0.15, -0.1) is 6.58 Å². The number of unbranched alkanes of at least 4 members (excludes halogenated alkanes) is 1. The van der Waals surface area contributed by atoms with Crippen molar-refractivity contribution in [2.45, 2.75) is 60.3 Å². The van der Waals surface area contributed by atoms with Crippen molar-refractivity contribution in [3.8, 4) is 5.75 Å². The third kappa shape index (κ3) is 9.94. The first kappa shape index (κ1) is 24.2. The van der Waals surface area contributed by atoms with Crippen LogP contribution in [-0.4, -0.2) is 31.1 Å². The molecule has 0 radical (unpaired) electrons. The molecule has 0 saturated carbocycles. The smallest absolute Gasteiger partial charge is 0.119 e. The minimum atomic E-state index is 0.0198. The van der Waals surface area contributed by atoms with E-state index >= 15 is 0 Å². The van der Waals surface area contributed by atoms with Gasteiger partial charge in [0.25, 0.3) is 0 Å². The average Bonchev–Trinajstić information content (AvgIpc) is 2.70. The van der Waals surface area contributed by atoms with Gasteiger partial charge in [-0.05, 0) is 76.9 Å². The van der Waals surface area contributed by atoms with Crippen molar-refractivity contribution in [1.82, 2.24) is 4.90 Å². The van der Waals surface area contributed by atoms with Crippen molar-refractivity contribution in [2.75, 3.05) is 26.2 Å². The normalized spacial score (nSPS) is 13.5. The highest BCUT2D eigenvalue weighted by molar-refractivity contribution is 5.52. The summed E-state index contributed by atoms with van der Waals surface area (Å²) in [5, 5.41) is 0. The van der Waals surface area contributed by atoms with Crippen molar-refractivity contribution in [3.05, 3.63) is 60.2 Å². The molecular formula is C26H41NO. The molecule has 0 aliphatic carbocycles. The number of ether oxygens (including phenoxy) is 1. The van der Waals surface area contributed by atoms with Crippen LogP contribution in [0.15, 0.2) is 54.6 Å². The van der Waals surface area contributed by atoms with E-state index in [1.165, 1.54) is 17.6 Å². The summed E-state index contributed by atoms with van der Waals surface area (Å²) >= 11 is 0. The zero-order valence-electron chi connectivity index (χ0n) is 18.8. The molecule has 28 heavy (non-hydrogen) atoms. The summed E-state index contributed by atoms with van der Waals surface area (Å²) < 4.78 is 5.89. The van der Waals surface area contributed by atoms with Crippen LogP contribution in [0.3, 0.4) is 0 Å². The Bertz CT molecular complexity index is 606. The molecule has 0 spiro atoms. The van der Waals surface area contributed by atoms with Crippen LogP contribution in [0.5, 0.6) is 5.75 Å².